The van der Waals surface area contributed by atoms with Crippen LogP contribution in [-0.2, 0) is 0 Å². The van der Waals surface area contributed by atoms with Crippen LogP contribution in [0, 0.1) is 27.7 Å². The fourth-order valence-electron chi connectivity index (χ4n) is 7.69. The van der Waals surface area contributed by atoms with Gasteiger partial charge >= 0.3 is 0 Å². The van der Waals surface area contributed by atoms with Crippen molar-refractivity contribution in [1.29, 1.82) is 0 Å². The zero-order valence-corrected chi connectivity index (χ0v) is 29.0. The minimum Gasteiger partial charge on any atom is -0.458 e. The molecule has 244 valence electrons. The van der Waals surface area contributed by atoms with Crippen LogP contribution in [0.4, 0.5) is 0 Å². The molecule has 7 heteroatoms. The van der Waals surface area contributed by atoms with E-state index in [4.69, 9.17) is 19.2 Å². The predicted octanol–water partition coefficient (Wildman–Crippen LogP) is 8.96. The smallest absolute Gasteiger partial charge is 0.260 e. The first-order valence-corrected chi connectivity index (χ1v) is 17.2. The van der Waals surface area contributed by atoms with Gasteiger partial charge in [0.05, 0.1) is 16.7 Å². The normalized spacial score (nSPS) is 12.7. The van der Waals surface area contributed by atoms with E-state index in [1.54, 1.807) is 0 Å². The van der Waals surface area contributed by atoms with Crippen LogP contribution in [0.1, 0.15) is 47.6 Å². The van der Waals surface area contributed by atoms with Crippen molar-refractivity contribution < 1.29 is 14.2 Å². The highest BCUT2D eigenvalue weighted by atomic mass is 16.5. The number of aromatic nitrogens is 3. The maximum Gasteiger partial charge on any atom is 0.260 e. The Hall–Kier alpha value is -5.82. The molecule has 7 aromatic rings. The fourth-order valence-corrected chi connectivity index (χ4v) is 7.69. The van der Waals surface area contributed by atoms with Gasteiger partial charge in [-0.1, -0.05) is 50.2 Å². The molecule has 5 aromatic carbocycles. The molecule has 0 amide bonds. The second-order valence-electron chi connectivity index (χ2n) is 13.9. The van der Waals surface area contributed by atoms with Gasteiger partial charge < -0.3 is 14.2 Å². The molecule has 4 heterocycles. The first-order valence-electron chi connectivity index (χ1n) is 17.2. The van der Waals surface area contributed by atoms with E-state index in [0.717, 1.165) is 78.6 Å². The van der Waals surface area contributed by atoms with Crippen molar-refractivity contribution in [3.63, 3.8) is 0 Å². The van der Waals surface area contributed by atoms with Gasteiger partial charge in [-0.3, -0.25) is 4.57 Å². The summed E-state index contributed by atoms with van der Waals surface area (Å²) < 4.78 is 22.1. The number of hydrogen-bond acceptors (Lipinski definition) is 5. The van der Waals surface area contributed by atoms with Crippen LogP contribution in [0.15, 0.2) is 103 Å². The molecule has 0 unspecified atom stereocenters. The molecular formula is C43H36BN3O3. The maximum atomic E-state index is 6.74. The lowest BCUT2D eigenvalue weighted by molar-refractivity contribution is 0.451. The number of aryl methyl sites for hydroxylation is 4. The minimum atomic E-state index is -0.150. The van der Waals surface area contributed by atoms with E-state index in [0.29, 0.717) is 17.5 Å². The van der Waals surface area contributed by atoms with Gasteiger partial charge in [-0.05, 0) is 127 Å². The van der Waals surface area contributed by atoms with E-state index in [1.807, 2.05) is 36.5 Å². The topological polar surface area (TPSA) is 58.4 Å². The Morgan fingerprint density at radius 3 is 2.14 bits per heavy atom. The summed E-state index contributed by atoms with van der Waals surface area (Å²) in [6.07, 6.45) is 1.81. The first-order chi connectivity index (χ1) is 24.2. The number of rotatable bonds is 5. The number of hydrogen-bond donors (Lipinski definition) is 0. The van der Waals surface area contributed by atoms with Gasteiger partial charge in [0.1, 0.15) is 34.6 Å². The highest BCUT2D eigenvalue weighted by Crippen LogP contribution is 2.40. The van der Waals surface area contributed by atoms with Crippen LogP contribution < -0.4 is 30.6 Å². The molecule has 0 bridgehead atoms. The van der Waals surface area contributed by atoms with Gasteiger partial charge in [0.2, 0.25) is 5.88 Å². The third-order valence-corrected chi connectivity index (χ3v) is 10.1. The monoisotopic (exact) mass is 653 g/mol. The van der Waals surface area contributed by atoms with Crippen LogP contribution in [-0.4, -0.2) is 21.2 Å². The van der Waals surface area contributed by atoms with Crippen LogP contribution in [0.3, 0.4) is 0 Å². The van der Waals surface area contributed by atoms with Gasteiger partial charge in [-0.2, -0.15) is 0 Å². The van der Waals surface area contributed by atoms with Gasteiger partial charge in [-0.25, -0.2) is 9.97 Å². The van der Waals surface area contributed by atoms with Crippen LogP contribution in [0.2, 0.25) is 0 Å². The van der Waals surface area contributed by atoms with E-state index in [2.05, 4.69) is 118 Å². The molecule has 2 aromatic heterocycles. The zero-order chi connectivity index (χ0) is 34.3. The Balaban J connectivity index is 1.24. The van der Waals surface area contributed by atoms with E-state index >= 15 is 0 Å². The lowest BCUT2D eigenvalue weighted by atomic mass is 9.34. The molecule has 0 saturated carbocycles. The molecule has 0 N–H and O–H groups in total. The predicted molar refractivity (Wildman–Crippen MR) is 202 cm³/mol. The van der Waals surface area contributed by atoms with Crippen LogP contribution in [0.5, 0.6) is 34.6 Å². The first kappa shape index (κ1) is 30.3. The maximum absolute atomic E-state index is 6.74. The second-order valence-corrected chi connectivity index (χ2v) is 13.9. The van der Waals surface area contributed by atoms with Gasteiger partial charge in [-0.15, -0.1) is 0 Å². The third-order valence-electron chi connectivity index (χ3n) is 10.1. The number of fused-ring (bicyclic) bond motifs is 5. The molecule has 0 saturated heterocycles. The summed E-state index contributed by atoms with van der Waals surface area (Å²) in [7, 11) is 0. The van der Waals surface area contributed by atoms with Crippen molar-refractivity contribution in [2.75, 3.05) is 0 Å². The summed E-state index contributed by atoms with van der Waals surface area (Å²) in [4.78, 5) is 9.76. The fraction of sp³-hybridized carbons (Fsp3) is 0.163. The number of benzene rings is 5. The van der Waals surface area contributed by atoms with Gasteiger partial charge in [0.25, 0.3) is 6.71 Å². The lowest BCUT2D eigenvalue weighted by Gasteiger charge is -2.35. The SMILES string of the molecule is Cc1cc(C)c2c3c1Oc1ccc(Oc4cc(C(C)C)ccn4)cc1B3c1cc(-c3nc4ccccc4n3-c3c(C)cccc3C)ccc1O2. The number of imidazole rings is 1. The highest BCUT2D eigenvalue weighted by Gasteiger charge is 2.42. The van der Waals surface area contributed by atoms with E-state index in [1.165, 1.54) is 16.7 Å². The minimum absolute atomic E-state index is 0.150. The number of ether oxygens (including phenoxy) is 3. The average molecular weight is 654 g/mol. The lowest BCUT2D eigenvalue weighted by Crippen LogP contribution is -2.57. The average Bonchev–Trinajstić information content (AvgIpc) is 3.49. The molecular weight excluding hydrogens is 617 g/mol. The number of nitrogens with zero attached hydrogens (tertiary/aromatic N) is 3. The molecule has 50 heavy (non-hydrogen) atoms. The van der Waals surface area contributed by atoms with E-state index in [9.17, 15) is 0 Å². The number of pyridine rings is 1. The molecule has 9 rings (SSSR count). The van der Waals surface area contributed by atoms with Gasteiger partial charge in [0.15, 0.2) is 0 Å². The van der Waals surface area contributed by atoms with Gasteiger partial charge in [0, 0.05) is 23.3 Å². The summed E-state index contributed by atoms with van der Waals surface area (Å²) in [6.45, 7) is 12.7. The largest absolute Gasteiger partial charge is 0.458 e. The number of para-hydroxylation sites is 3. The Morgan fingerprint density at radius 1 is 0.700 bits per heavy atom. The molecule has 6 nitrogen and oxygen atoms in total. The molecule has 0 spiro atoms. The summed E-state index contributed by atoms with van der Waals surface area (Å²) in [5.41, 5.74) is 13.0. The van der Waals surface area contributed by atoms with Crippen molar-refractivity contribution in [3.05, 3.63) is 131 Å². The molecule has 0 atom stereocenters. The van der Waals surface area contributed by atoms with E-state index in [-0.39, 0.29) is 6.71 Å². The molecule has 0 radical (unpaired) electrons. The Kier molecular flexibility index (Phi) is 6.89. The zero-order valence-electron chi connectivity index (χ0n) is 29.0. The molecule has 2 aliphatic rings. The Bertz CT molecular complexity index is 2480. The molecule has 0 aliphatic carbocycles. The molecule has 2 aliphatic heterocycles. The van der Waals surface area contributed by atoms with Crippen LogP contribution in [0.25, 0.3) is 28.1 Å². The van der Waals surface area contributed by atoms with Crippen LogP contribution >= 0.6 is 0 Å². The Morgan fingerprint density at radius 2 is 1.40 bits per heavy atom. The van der Waals surface area contributed by atoms with Crippen molar-refractivity contribution in [3.8, 4) is 51.7 Å². The summed E-state index contributed by atoms with van der Waals surface area (Å²) in [6, 6.07) is 33.5. The molecule has 0 fully saturated rings. The highest BCUT2D eigenvalue weighted by molar-refractivity contribution is 6.98. The van der Waals surface area contributed by atoms with Crippen molar-refractivity contribution in [2.24, 2.45) is 0 Å². The quantitative estimate of drug-likeness (QED) is 0.174. The van der Waals surface area contributed by atoms with E-state index < -0.39 is 0 Å². The second kappa shape index (κ2) is 11.4. The van der Waals surface area contributed by atoms with Crippen molar-refractivity contribution >= 4 is 34.1 Å². The van der Waals surface area contributed by atoms with Crippen molar-refractivity contribution in [2.45, 2.75) is 47.5 Å². The summed E-state index contributed by atoms with van der Waals surface area (Å²) in [5.74, 6) is 5.86. The standard InChI is InChI=1S/C43H36BN3O3/c1-24(2)29-18-19-45-38(22-29)48-31-15-17-37-33(23-31)44-32-21-30(14-16-36(32)49-41-27(5)20-28(6)42(50-37)39(41)44)43-46-34-12-7-8-13-35(34)47(43)40-25(3)10-9-11-26(40)4/h7-24H,1-6H3. The summed E-state index contributed by atoms with van der Waals surface area (Å²) in [5, 5.41) is 0. The summed E-state index contributed by atoms with van der Waals surface area (Å²) >= 11 is 0. The van der Waals surface area contributed by atoms with Crippen molar-refractivity contribution in [1.82, 2.24) is 14.5 Å². The third kappa shape index (κ3) is 4.72. The Labute approximate surface area is 292 Å².